The summed E-state index contributed by atoms with van der Waals surface area (Å²) in [6, 6.07) is 5.22. The largest absolute Gasteiger partial charge is 0.383 e. The fourth-order valence-corrected chi connectivity index (χ4v) is 1.20. The summed E-state index contributed by atoms with van der Waals surface area (Å²) in [6.45, 7) is 2.53. The number of amides is 1. The zero-order chi connectivity index (χ0) is 11.3. The van der Waals surface area contributed by atoms with Crippen molar-refractivity contribution in [3.63, 3.8) is 0 Å². The van der Waals surface area contributed by atoms with Crippen LogP contribution in [0.3, 0.4) is 0 Å². The minimum atomic E-state index is -0.530. The first-order valence-corrected chi connectivity index (χ1v) is 4.66. The van der Waals surface area contributed by atoms with Gasteiger partial charge in [-0.3, -0.25) is 4.79 Å². The summed E-state index contributed by atoms with van der Waals surface area (Å²) in [5, 5.41) is 3.09. The third kappa shape index (κ3) is 3.55. The topological polar surface area (TPSA) is 77.2 Å². The summed E-state index contributed by atoms with van der Waals surface area (Å²) < 4.78 is 4.97. The Balaban J connectivity index is 2.69. The quantitative estimate of drug-likeness (QED) is 0.745. The van der Waals surface area contributed by atoms with Gasteiger partial charge in [-0.15, -0.1) is 0 Å². The first-order valence-electron chi connectivity index (χ1n) is 4.66. The Kier molecular flexibility index (Phi) is 4.05. The van der Waals surface area contributed by atoms with Gasteiger partial charge < -0.3 is 15.8 Å². The number of ether oxygens (including phenoxy) is 1. The van der Waals surface area contributed by atoms with E-state index in [1.807, 2.05) is 6.92 Å². The molecule has 0 bridgehead atoms. The average molecular weight is 209 g/mol. The van der Waals surface area contributed by atoms with Crippen molar-refractivity contribution in [3.05, 3.63) is 23.9 Å². The average Bonchev–Trinajstić information content (AvgIpc) is 2.18. The predicted molar refractivity (Wildman–Crippen MR) is 57.7 cm³/mol. The number of carbonyl (C=O) groups is 1. The fraction of sp³-hybridized carbons (Fsp3) is 0.400. The molecular weight excluding hydrogens is 194 g/mol. The number of hydrogen-bond donors (Lipinski definition) is 2. The van der Waals surface area contributed by atoms with Gasteiger partial charge in [0.1, 0.15) is 11.5 Å². The van der Waals surface area contributed by atoms with Crippen molar-refractivity contribution in [2.75, 3.05) is 19.0 Å². The van der Waals surface area contributed by atoms with Crippen LogP contribution in [0.5, 0.6) is 0 Å². The molecule has 1 atom stereocenters. The highest BCUT2D eigenvalue weighted by Gasteiger charge is 2.05. The van der Waals surface area contributed by atoms with Gasteiger partial charge in [0.25, 0.3) is 5.91 Å². The summed E-state index contributed by atoms with van der Waals surface area (Å²) in [6.07, 6.45) is 0. The molecule has 0 aliphatic heterocycles. The van der Waals surface area contributed by atoms with E-state index in [4.69, 9.17) is 10.5 Å². The highest BCUT2D eigenvalue weighted by Crippen LogP contribution is 2.06. The molecule has 82 valence electrons. The highest BCUT2D eigenvalue weighted by atomic mass is 16.5. The first-order chi connectivity index (χ1) is 7.13. The monoisotopic (exact) mass is 209 g/mol. The smallest absolute Gasteiger partial charge is 0.267 e. The first kappa shape index (κ1) is 11.5. The molecule has 1 heterocycles. The van der Waals surface area contributed by atoms with Gasteiger partial charge in [0.15, 0.2) is 0 Å². The number of primary amides is 1. The van der Waals surface area contributed by atoms with Gasteiger partial charge in [-0.25, -0.2) is 4.98 Å². The molecule has 0 spiro atoms. The molecule has 0 saturated heterocycles. The van der Waals surface area contributed by atoms with Gasteiger partial charge in [-0.1, -0.05) is 6.07 Å². The van der Waals surface area contributed by atoms with Crippen molar-refractivity contribution in [1.82, 2.24) is 4.98 Å². The van der Waals surface area contributed by atoms with Crippen LogP contribution >= 0.6 is 0 Å². The lowest BCUT2D eigenvalue weighted by molar-refractivity contribution is 0.0995. The Bertz CT molecular complexity index is 341. The van der Waals surface area contributed by atoms with Crippen LogP contribution in [0.4, 0.5) is 5.82 Å². The van der Waals surface area contributed by atoms with Gasteiger partial charge in [0.05, 0.1) is 6.61 Å². The maximum absolute atomic E-state index is 10.9. The van der Waals surface area contributed by atoms with E-state index in [-0.39, 0.29) is 11.7 Å². The number of rotatable bonds is 5. The Morgan fingerprint density at radius 1 is 1.67 bits per heavy atom. The Morgan fingerprint density at radius 2 is 2.40 bits per heavy atom. The summed E-state index contributed by atoms with van der Waals surface area (Å²) >= 11 is 0. The van der Waals surface area contributed by atoms with E-state index in [1.165, 1.54) is 0 Å². The molecule has 1 aromatic heterocycles. The maximum Gasteiger partial charge on any atom is 0.267 e. The summed E-state index contributed by atoms with van der Waals surface area (Å²) in [5.41, 5.74) is 5.37. The van der Waals surface area contributed by atoms with Gasteiger partial charge in [-0.05, 0) is 19.1 Å². The lowest BCUT2D eigenvalue weighted by atomic mass is 10.3. The molecule has 1 aromatic rings. The van der Waals surface area contributed by atoms with Crippen molar-refractivity contribution in [3.8, 4) is 0 Å². The second kappa shape index (κ2) is 5.31. The van der Waals surface area contributed by atoms with E-state index in [9.17, 15) is 4.79 Å². The molecule has 0 aliphatic carbocycles. The number of nitrogens with zero attached hydrogens (tertiary/aromatic N) is 1. The molecular formula is C10H15N3O2. The highest BCUT2D eigenvalue weighted by molar-refractivity contribution is 5.91. The van der Waals surface area contributed by atoms with E-state index in [2.05, 4.69) is 10.3 Å². The van der Waals surface area contributed by atoms with E-state index in [0.717, 1.165) is 0 Å². The minimum absolute atomic E-state index is 0.130. The number of methoxy groups -OCH3 is 1. The zero-order valence-electron chi connectivity index (χ0n) is 8.86. The van der Waals surface area contributed by atoms with Crippen molar-refractivity contribution >= 4 is 11.7 Å². The van der Waals surface area contributed by atoms with Crippen LogP contribution in [-0.4, -0.2) is 30.6 Å². The molecule has 1 unspecified atom stereocenters. The van der Waals surface area contributed by atoms with Crippen LogP contribution in [0, 0.1) is 0 Å². The molecule has 0 aromatic carbocycles. The third-order valence-electron chi connectivity index (χ3n) is 1.81. The molecule has 0 aliphatic rings. The lowest BCUT2D eigenvalue weighted by Crippen LogP contribution is -2.22. The van der Waals surface area contributed by atoms with Gasteiger partial charge >= 0.3 is 0 Å². The standard InChI is InChI=1S/C10H15N3O2/c1-7(6-15-2)12-9-5-3-4-8(13-9)10(11)14/h3-5,7H,6H2,1-2H3,(H2,11,14)(H,12,13). The minimum Gasteiger partial charge on any atom is -0.383 e. The van der Waals surface area contributed by atoms with E-state index in [0.29, 0.717) is 12.4 Å². The summed E-state index contributed by atoms with van der Waals surface area (Å²) in [4.78, 5) is 14.9. The van der Waals surface area contributed by atoms with Gasteiger partial charge in [-0.2, -0.15) is 0 Å². The normalized spacial score (nSPS) is 12.1. The summed E-state index contributed by atoms with van der Waals surface area (Å²) in [7, 11) is 1.63. The number of anilines is 1. The van der Waals surface area contributed by atoms with Crippen molar-refractivity contribution in [1.29, 1.82) is 0 Å². The molecule has 15 heavy (non-hydrogen) atoms. The fourth-order valence-electron chi connectivity index (χ4n) is 1.20. The maximum atomic E-state index is 10.9. The van der Waals surface area contributed by atoms with Crippen LogP contribution in [0.2, 0.25) is 0 Å². The number of carbonyl (C=O) groups excluding carboxylic acids is 1. The van der Waals surface area contributed by atoms with Crippen molar-refractivity contribution < 1.29 is 9.53 Å². The van der Waals surface area contributed by atoms with E-state index in [1.54, 1.807) is 25.3 Å². The second-order valence-corrected chi connectivity index (χ2v) is 3.27. The SMILES string of the molecule is COCC(C)Nc1cccc(C(N)=O)n1. The van der Waals surface area contributed by atoms with Crippen molar-refractivity contribution in [2.45, 2.75) is 13.0 Å². The number of nitrogens with one attached hydrogen (secondary N) is 1. The number of pyridine rings is 1. The van der Waals surface area contributed by atoms with Crippen LogP contribution in [0.15, 0.2) is 18.2 Å². The molecule has 1 rings (SSSR count). The molecule has 5 heteroatoms. The van der Waals surface area contributed by atoms with Crippen molar-refractivity contribution in [2.24, 2.45) is 5.73 Å². The Morgan fingerprint density at radius 3 is 3.00 bits per heavy atom. The van der Waals surface area contributed by atoms with Gasteiger partial charge in [0, 0.05) is 13.2 Å². The van der Waals surface area contributed by atoms with Crippen LogP contribution in [0.25, 0.3) is 0 Å². The molecule has 0 fully saturated rings. The van der Waals surface area contributed by atoms with Gasteiger partial charge in [0.2, 0.25) is 0 Å². The Labute approximate surface area is 88.6 Å². The lowest BCUT2D eigenvalue weighted by Gasteiger charge is -2.13. The van der Waals surface area contributed by atoms with Crippen LogP contribution < -0.4 is 11.1 Å². The predicted octanol–water partition coefficient (Wildman–Crippen LogP) is 0.627. The molecule has 0 radical (unpaired) electrons. The van der Waals surface area contributed by atoms with E-state index >= 15 is 0 Å². The molecule has 3 N–H and O–H groups in total. The zero-order valence-corrected chi connectivity index (χ0v) is 8.86. The number of nitrogens with two attached hydrogens (primary N) is 1. The summed E-state index contributed by atoms with van der Waals surface area (Å²) in [5.74, 6) is 0.0916. The van der Waals surface area contributed by atoms with E-state index < -0.39 is 5.91 Å². The molecule has 0 saturated carbocycles. The second-order valence-electron chi connectivity index (χ2n) is 3.27. The molecule has 5 nitrogen and oxygen atoms in total. The van der Waals surface area contributed by atoms with Crippen LogP contribution in [0.1, 0.15) is 17.4 Å². The van der Waals surface area contributed by atoms with Crippen LogP contribution in [-0.2, 0) is 4.74 Å². The Hall–Kier alpha value is -1.62. The molecule has 1 amide bonds. The number of hydrogen-bond acceptors (Lipinski definition) is 4. The third-order valence-corrected chi connectivity index (χ3v) is 1.81. The number of aromatic nitrogens is 1.